The molecule has 1 amide bonds. The number of aromatic nitrogens is 2. The number of nitrogen functional groups attached to an aromatic ring is 1. The van der Waals surface area contributed by atoms with Crippen LogP contribution in [0.2, 0.25) is 5.02 Å². The zero-order chi connectivity index (χ0) is 13.3. The van der Waals surface area contributed by atoms with Gasteiger partial charge in [-0.15, -0.1) is 0 Å². The minimum absolute atomic E-state index is 0.271. The first-order valence-corrected chi connectivity index (χ1v) is 5.71. The summed E-state index contributed by atoms with van der Waals surface area (Å²) < 4.78 is 1.60. The average Bonchev–Trinajstić information content (AvgIpc) is 2.56. The number of carbonyl (C=O) groups is 1. The van der Waals surface area contributed by atoms with Crippen molar-refractivity contribution in [2.24, 2.45) is 7.05 Å². The zero-order valence-electron chi connectivity index (χ0n) is 10.1. The number of anilines is 2. The molecule has 0 saturated heterocycles. The lowest BCUT2D eigenvalue weighted by molar-refractivity contribution is 0.102. The summed E-state index contributed by atoms with van der Waals surface area (Å²) in [4.78, 5) is 12.0. The molecule has 3 N–H and O–H groups in total. The minimum Gasteiger partial charge on any atom is -0.399 e. The van der Waals surface area contributed by atoms with Crippen LogP contribution in [0.15, 0.2) is 24.3 Å². The number of amides is 1. The summed E-state index contributed by atoms with van der Waals surface area (Å²) in [6.07, 6.45) is 0. The molecule has 0 radical (unpaired) electrons. The fraction of sp³-hybridized carbons (Fsp3) is 0.167. The molecule has 1 aromatic heterocycles. The van der Waals surface area contributed by atoms with E-state index < -0.39 is 0 Å². The molecule has 1 aromatic carbocycles. The standard InChI is InChI=1S/C12H13ClN4O/c1-7-3-11(17(2)16-7)15-12(18)8-4-9(13)6-10(14)5-8/h3-6H,14H2,1-2H3,(H,15,18). The van der Waals surface area contributed by atoms with E-state index in [1.165, 1.54) is 0 Å². The maximum Gasteiger partial charge on any atom is 0.256 e. The number of rotatable bonds is 2. The van der Waals surface area contributed by atoms with E-state index in [1.54, 1.807) is 36.0 Å². The summed E-state index contributed by atoms with van der Waals surface area (Å²) in [5.74, 6) is 0.350. The third-order valence-corrected chi connectivity index (χ3v) is 2.64. The van der Waals surface area contributed by atoms with Gasteiger partial charge in [0.15, 0.2) is 0 Å². The van der Waals surface area contributed by atoms with Crippen LogP contribution < -0.4 is 11.1 Å². The topological polar surface area (TPSA) is 72.9 Å². The van der Waals surface area contributed by atoms with Gasteiger partial charge in [0.25, 0.3) is 5.91 Å². The third kappa shape index (κ3) is 2.62. The maximum atomic E-state index is 12.0. The Morgan fingerprint density at radius 1 is 1.39 bits per heavy atom. The number of benzene rings is 1. The highest BCUT2D eigenvalue weighted by molar-refractivity contribution is 6.31. The van der Waals surface area contributed by atoms with Crippen molar-refractivity contribution in [3.05, 3.63) is 40.5 Å². The summed E-state index contributed by atoms with van der Waals surface area (Å²) in [7, 11) is 1.76. The molecule has 0 saturated carbocycles. The Balaban J connectivity index is 2.24. The van der Waals surface area contributed by atoms with Crippen molar-refractivity contribution in [2.75, 3.05) is 11.1 Å². The fourth-order valence-electron chi connectivity index (χ4n) is 1.66. The second-order valence-corrected chi connectivity index (χ2v) is 4.46. The lowest BCUT2D eigenvalue weighted by Crippen LogP contribution is -2.14. The van der Waals surface area contributed by atoms with Crippen LogP contribution in [-0.2, 0) is 7.05 Å². The summed E-state index contributed by atoms with van der Waals surface area (Å²) >= 11 is 5.86. The van der Waals surface area contributed by atoms with Crippen LogP contribution in [0.5, 0.6) is 0 Å². The number of carbonyl (C=O) groups excluding carboxylic acids is 1. The second-order valence-electron chi connectivity index (χ2n) is 4.02. The van der Waals surface area contributed by atoms with E-state index in [0.29, 0.717) is 22.1 Å². The molecule has 2 aromatic rings. The molecule has 6 heteroatoms. The Bertz CT molecular complexity index is 586. The van der Waals surface area contributed by atoms with Gasteiger partial charge in [-0.2, -0.15) is 5.10 Å². The highest BCUT2D eigenvalue weighted by Crippen LogP contribution is 2.18. The highest BCUT2D eigenvalue weighted by Gasteiger charge is 2.10. The molecular weight excluding hydrogens is 252 g/mol. The summed E-state index contributed by atoms with van der Waals surface area (Å²) in [6, 6.07) is 6.51. The number of aryl methyl sites for hydroxylation is 2. The molecule has 0 atom stereocenters. The van der Waals surface area contributed by atoms with E-state index in [1.807, 2.05) is 6.92 Å². The summed E-state index contributed by atoms with van der Waals surface area (Å²) in [5, 5.41) is 7.32. The summed E-state index contributed by atoms with van der Waals surface area (Å²) in [6.45, 7) is 1.85. The summed E-state index contributed by atoms with van der Waals surface area (Å²) in [5.41, 5.74) is 7.34. The van der Waals surface area contributed by atoms with Crippen molar-refractivity contribution in [3.8, 4) is 0 Å². The predicted molar refractivity (Wildman–Crippen MR) is 71.8 cm³/mol. The van der Waals surface area contributed by atoms with Crippen molar-refractivity contribution in [3.63, 3.8) is 0 Å². The van der Waals surface area contributed by atoms with Gasteiger partial charge in [0, 0.05) is 29.4 Å². The molecule has 0 bridgehead atoms. The molecule has 18 heavy (non-hydrogen) atoms. The Hall–Kier alpha value is -2.01. The van der Waals surface area contributed by atoms with Crippen molar-refractivity contribution in [1.82, 2.24) is 9.78 Å². The Labute approximate surface area is 110 Å². The van der Waals surface area contributed by atoms with Crippen molar-refractivity contribution in [1.29, 1.82) is 0 Å². The smallest absolute Gasteiger partial charge is 0.256 e. The Morgan fingerprint density at radius 3 is 2.67 bits per heavy atom. The minimum atomic E-state index is -0.271. The Kier molecular flexibility index (Phi) is 3.25. The molecule has 5 nitrogen and oxygen atoms in total. The predicted octanol–water partition coefficient (Wildman–Crippen LogP) is 2.22. The van der Waals surface area contributed by atoms with Crippen molar-refractivity contribution < 1.29 is 4.79 Å². The van der Waals surface area contributed by atoms with Gasteiger partial charge in [0.2, 0.25) is 0 Å². The molecule has 0 aliphatic rings. The van der Waals surface area contributed by atoms with Crippen LogP contribution in [0, 0.1) is 6.92 Å². The van der Waals surface area contributed by atoms with Crippen LogP contribution in [0.4, 0.5) is 11.5 Å². The van der Waals surface area contributed by atoms with E-state index in [2.05, 4.69) is 10.4 Å². The van der Waals surface area contributed by atoms with E-state index in [9.17, 15) is 4.79 Å². The van der Waals surface area contributed by atoms with Gasteiger partial charge in [0.05, 0.1) is 5.69 Å². The van der Waals surface area contributed by atoms with Crippen LogP contribution in [-0.4, -0.2) is 15.7 Å². The molecule has 0 unspecified atom stereocenters. The number of nitrogens with one attached hydrogen (secondary N) is 1. The van der Waals surface area contributed by atoms with Crippen LogP contribution >= 0.6 is 11.6 Å². The van der Waals surface area contributed by atoms with Crippen molar-refractivity contribution >= 4 is 29.0 Å². The molecule has 0 spiro atoms. The van der Waals surface area contributed by atoms with Gasteiger partial charge < -0.3 is 11.1 Å². The fourth-order valence-corrected chi connectivity index (χ4v) is 1.90. The van der Waals surface area contributed by atoms with Crippen LogP contribution in [0.3, 0.4) is 0 Å². The lowest BCUT2D eigenvalue weighted by atomic mass is 10.2. The van der Waals surface area contributed by atoms with Gasteiger partial charge in [-0.3, -0.25) is 9.48 Å². The first-order chi connectivity index (χ1) is 8.45. The molecule has 0 fully saturated rings. The zero-order valence-corrected chi connectivity index (χ0v) is 10.8. The van der Waals surface area contributed by atoms with Crippen LogP contribution in [0.1, 0.15) is 16.1 Å². The maximum absolute atomic E-state index is 12.0. The van der Waals surface area contributed by atoms with Gasteiger partial charge in [0.1, 0.15) is 5.82 Å². The third-order valence-electron chi connectivity index (χ3n) is 2.43. The van der Waals surface area contributed by atoms with E-state index >= 15 is 0 Å². The first kappa shape index (κ1) is 12.4. The molecule has 2 rings (SSSR count). The van der Waals surface area contributed by atoms with E-state index in [-0.39, 0.29) is 5.91 Å². The Morgan fingerprint density at radius 2 is 2.11 bits per heavy atom. The van der Waals surface area contributed by atoms with E-state index in [4.69, 9.17) is 17.3 Å². The highest BCUT2D eigenvalue weighted by atomic mass is 35.5. The first-order valence-electron chi connectivity index (χ1n) is 5.34. The lowest BCUT2D eigenvalue weighted by Gasteiger charge is -2.06. The number of hydrogen-bond donors (Lipinski definition) is 2. The largest absolute Gasteiger partial charge is 0.399 e. The van der Waals surface area contributed by atoms with Gasteiger partial charge in [-0.05, 0) is 25.1 Å². The van der Waals surface area contributed by atoms with E-state index in [0.717, 1.165) is 5.69 Å². The number of nitrogens with two attached hydrogens (primary N) is 1. The molecule has 0 aliphatic carbocycles. The number of hydrogen-bond acceptors (Lipinski definition) is 3. The molecule has 1 heterocycles. The normalized spacial score (nSPS) is 10.4. The molecule has 94 valence electrons. The van der Waals surface area contributed by atoms with Gasteiger partial charge in [-0.25, -0.2) is 0 Å². The van der Waals surface area contributed by atoms with Gasteiger partial charge in [-0.1, -0.05) is 11.6 Å². The number of halogens is 1. The molecular formula is C12H13ClN4O. The second kappa shape index (κ2) is 4.70. The van der Waals surface area contributed by atoms with Gasteiger partial charge >= 0.3 is 0 Å². The number of nitrogens with zero attached hydrogens (tertiary/aromatic N) is 2. The van der Waals surface area contributed by atoms with Crippen molar-refractivity contribution in [2.45, 2.75) is 6.92 Å². The molecule has 0 aliphatic heterocycles. The monoisotopic (exact) mass is 264 g/mol. The quantitative estimate of drug-likeness (QED) is 0.817. The average molecular weight is 265 g/mol. The van der Waals surface area contributed by atoms with Crippen LogP contribution in [0.25, 0.3) is 0 Å². The SMILES string of the molecule is Cc1cc(NC(=O)c2cc(N)cc(Cl)c2)n(C)n1.